The summed E-state index contributed by atoms with van der Waals surface area (Å²) in [6.45, 7) is 8.10. The number of hydrogen-bond donors (Lipinski definition) is 2. The fourth-order valence-electron chi connectivity index (χ4n) is 2.66. The second-order valence-corrected chi connectivity index (χ2v) is 6.26. The number of hydrogen-bond acceptors (Lipinski definition) is 5. The quantitative estimate of drug-likeness (QED) is 0.806. The Morgan fingerprint density at radius 2 is 2.21 bits per heavy atom. The van der Waals surface area contributed by atoms with Crippen molar-refractivity contribution in [1.29, 1.82) is 0 Å². The van der Waals surface area contributed by atoms with Crippen molar-refractivity contribution in [3.05, 3.63) is 11.1 Å². The normalized spacial score (nSPS) is 22.9. The van der Waals surface area contributed by atoms with Crippen LogP contribution in [0.3, 0.4) is 0 Å². The van der Waals surface area contributed by atoms with Crippen molar-refractivity contribution < 1.29 is 5.11 Å². The number of aromatic nitrogens is 1. The van der Waals surface area contributed by atoms with E-state index in [0.717, 1.165) is 44.2 Å². The van der Waals surface area contributed by atoms with Gasteiger partial charge in [0.25, 0.3) is 0 Å². The lowest BCUT2D eigenvalue weighted by Crippen LogP contribution is -2.27. The van der Waals surface area contributed by atoms with Crippen LogP contribution in [0.25, 0.3) is 0 Å². The van der Waals surface area contributed by atoms with Gasteiger partial charge in [-0.1, -0.05) is 6.42 Å². The molecule has 1 heterocycles. The summed E-state index contributed by atoms with van der Waals surface area (Å²) in [6, 6.07) is 0. The Hall–Kier alpha value is -0.650. The van der Waals surface area contributed by atoms with Gasteiger partial charge in [0.15, 0.2) is 5.13 Å². The standard InChI is InChI=1S/C14H25N3OS/c1-3-17(4-2)14-16-10-12(19-14)9-15-8-11-6-5-7-13(11)18/h10-11,13,15,18H,3-9H2,1-2H3. The Kier molecular flexibility index (Phi) is 5.60. The van der Waals surface area contributed by atoms with Crippen molar-refractivity contribution in [2.24, 2.45) is 5.92 Å². The van der Waals surface area contributed by atoms with Crippen LogP contribution in [0.4, 0.5) is 5.13 Å². The molecule has 1 aromatic heterocycles. The molecule has 19 heavy (non-hydrogen) atoms. The molecule has 2 atom stereocenters. The van der Waals surface area contributed by atoms with Crippen LogP contribution < -0.4 is 10.2 Å². The Morgan fingerprint density at radius 3 is 2.84 bits per heavy atom. The van der Waals surface area contributed by atoms with Crippen LogP contribution in [0.2, 0.25) is 0 Å². The molecular formula is C14H25N3OS. The maximum absolute atomic E-state index is 9.77. The summed E-state index contributed by atoms with van der Waals surface area (Å²) >= 11 is 1.76. The average Bonchev–Trinajstić information content (AvgIpc) is 3.02. The van der Waals surface area contributed by atoms with Gasteiger partial charge in [0.1, 0.15) is 0 Å². The molecule has 0 aromatic carbocycles. The van der Waals surface area contributed by atoms with E-state index in [2.05, 4.69) is 29.0 Å². The Bertz CT molecular complexity index is 379. The monoisotopic (exact) mass is 283 g/mol. The number of rotatable bonds is 7. The van der Waals surface area contributed by atoms with Crippen molar-refractivity contribution in [2.75, 3.05) is 24.5 Å². The van der Waals surface area contributed by atoms with Gasteiger partial charge in [0.05, 0.1) is 6.10 Å². The molecule has 1 aromatic rings. The zero-order valence-corrected chi connectivity index (χ0v) is 12.7. The molecule has 0 spiro atoms. The summed E-state index contributed by atoms with van der Waals surface area (Å²) in [7, 11) is 0. The van der Waals surface area contributed by atoms with Gasteiger partial charge in [0, 0.05) is 37.3 Å². The number of nitrogens with zero attached hydrogens (tertiary/aromatic N) is 2. The maximum Gasteiger partial charge on any atom is 0.185 e. The predicted octanol–water partition coefficient (Wildman–Crippen LogP) is 2.24. The van der Waals surface area contributed by atoms with E-state index in [1.165, 1.54) is 11.3 Å². The van der Waals surface area contributed by atoms with Crippen LogP contribution >= 0.6 is 11.3 Å². The zero-order chi connectivity index (χ0) is 13.7. The van der Waals surface area contributed by atoms with Gasteiger partial charge in [0.2, 0.25) is 0 Å². The fourth-order valence-corrected chi connectivity index (χ4v) is 3.66. The van der Waals surface area contributed by atoms with Crippen molar-refractivity contribution in [2.45, 2.75) is 45.8 Å². The van der Waals surface area contributed by atoms with E-state index in [1.807, 2.05) is 6.20 Å². The first-order valence-electron chi connectivity index (χ1n) is 7.33. The third-order valence-electron chi connectivity index (χ3n) is 3.90. The molecule has 0 amide bonds. The summed E-state index contributed by atoms with van der Waals surface area (Å²) in [4.78, 5) is 8.02. The van der Waals surface area contributed by atoms with Gasteiger partial charge in [-0.15, -0.1) is 11.3 Å². The lowest BCUT2D eigenvalue weighted by molar-refractivity contribution is 0.131. The van der Waals surface area contributed by atoms with E-state index in [9.17, 15) is 5.11 Å². The van der Waals surface area contributed by atoms with Crippen LogP contribution in [-0.4, -0.2) is 35.8 Å². The second kappa shape index (κ2) is 7.22. The molecular weight excluding hydrogens is 258 g/mol. The van der Waals surface area contributed by atoms with Gasteiger partial charge in [-0.2, -0.15) is 0 Å². The molecule has 0 saturated heterocycles. The largest absolute Gasteiger partial charge is 0.393 e. The fraction of sp³-hybridized carbons (Fsp3) is 0.786. The Morgan fingerprint density at radius 1 is 1.42 bits per heavy atom. The maximum atomic E-state index is 9.77. The van der Waals surface area contributed by atoms with Gasteiger partial charge in [-0.3, -0.25) is 0 Å². The highest BCUT2D eigenvalue weighted by molar-refractivity contribution is 7.15. The molecule has 2 rings (SSSR count). The molecule has 1 saturated carbocycles. The molecule has 5 heteroatoms. The smallest absolute Gasteiger partial charge is 0.185 e. The highest BCUT2D eigenvalue weighted by Gasteiger charge is 2.24. The van der Waals surface area contributed by atoms with E-state index in [-0.39, 0.29) is 6.10 Å². The summed E-state index contributed by atoms with van der Waals surface area (Å²) in [5.41, 5.74) is 0. The summed E-state index contributed by atoms with van der Waals surface area (Å²) < 4.78 is 0. The molecule has 1 fully saturated rings. The summed E-state index contributed by atoms with van der Waals surface area (Å²) in [5.74, 6) is 0.440. The topological polar surface area (TPSA) is 48.4 Å². The van der Waals surface area contributed by atoms with Gasteiger partial charge in [-0.25, -0.2) is 4.98 Å². The SMILES string of the molecule is CCN(CC)c1ncc(CNCC2CCCC2O)s1. The van der Waals surface area contributed by atoms with Crippen LogP contribution in [-0.2, 0) is 6.54 Å². The van der Waals surface area contributed by atoms with Gasteiger partial charge < -0.3 is 15.3 Å². The van der Waals surface area contributed by atoms with Crippen LogP contribution in [0.5, 0.6) is 0 Å². The molecule has 0 aliphatic heterocycles. The Balaban J connectivity index is 1.77. The van der Waals surface area contributed by atoms with E-state index in [4.69, 9.17) is 0 Å². The van der Waals surface area contributed by atoms with Crippen LogP contribution in [0.1, 0.15) is 38.0 Å². The first-order chi connectivity index (χ1) is 9.24. The number of thiazole rings is 1. The van der Waals surface area contributed by atoms with Crippen molar-refractivity contribution in [1.82, 2.24) is 10.3 Å². The zero-order valence-electron chi connectivity index (χ0n) is 11.9. The Labute approximate surface area is 119 Å². The highest BCUT2D eigenvalue weighted by Crippen LogP contribution is 2.25. The van der Waals surface area contributed by atoms with Crippen molar-refractivity contribution >= 4 is 16.5 Å². The minimum atomic E-state index is -0.0970. The van der Waals surface area contributed by atoms with E-state index in [1.54, 1.807) is 11.3 Å². The molecule has 0 bridgehead atoms. The summed E-state index contributed by atoms with van der Waals surface area (Å²) in [5, 5.41) is 14.3. The summed E-state index contributed by atoms with van der Waals surface area (Å²) in [6.07, 6.45) is 5.16. The molecule has 108 valence electrons. The first-order valence-corrected chi connectivity index (χ1v) is 8.14. The van der Waals surface area contributed by atoms with E-state index < -0.39 is 0 Å². The highest BCUT2D eigenvalue weighted by atomic mass is 32.1. The third kappa shape index (κ3) is 3.91. The molecule has 1 aliphatic carbocycles. The molecule has 2 unspecified atom stereocenters. The molecule has 2 N–H and O–H groups in total. The van der Waals surface area contributed by atoms with Crippen molar-refractivity contribution in [3.8, 4) is 0 Å². The van der Waals surface area contributed by atoms with Gasteiger partial charge in [-0.05, 0) is 32.6 Å². The average molecular weight is 283 g/mol. The number of aliphatic hydroxyl groups excluding tert-OH is 1. The number of nitrogens with one attached hydrogen (secondary N) is 1. The molecule has 0 radical (unpaired) electrons. The van der Waals surface area contributed by atoms with Gasteiger partial charge >= 0.3 is 0 Å². The molecule has 1 aliphatic rings. The van der Waals surface area contributed by atoms with E-state index in [0.29, 0.717) is 5.92 Å². The minimum Gasteiger partial charge on any atom is -0.393 e. The van der Waals surface area contributed by atoms with E-state index >= 15 is 0 Å². The minimum absolute atomic E-state index is 0.0970. The van der Waals surface area contributed by atoms with Crippen molar-refractivity contribution in [3.63, 3.8) is 0 Å². The molecule has 4 nitrogen and oxygen atoms in total. The second-order valence-electron chi connectivity index (χ2n) is 5.17. The third-order valence-corrected chi connectivity index (χ3v) is 4.96. The number of aliphatic hydroxyl groups is 1. The predicted molar refractivity (Wildman–Crippen MR) is 80.7 cm³/mol. The van der Waals surface area contributed by atoms with Crippen LogP contribution in [0, 0.1) is 5.92 Å². The lowest BCUT2D eigenvalue weighted by atomic mass is 10.1. The lowest BCUT2D eigenvalue weighted by Gasteiger charge is -2.16. The van der Waals surface area contributed by atoms with Crippen LogP contribution in [0.15, 0.2) is 6.20 Å². The first kappa shape index (κ1) is 14.8. The number of anilines is 1.